The normalized spacial score (nSPS) is 13.5. The molecule has 6 heteroatoms. The summed E-state index contributed by atoms with van der Waals surface area (Å²) >= 11 is 0. The number of alkyl halides is 3. The van der Waals surface area contributed by atoms with Crippen LogP contribution in [0.15, 0.2) is 24.3 Å². The number of nitrogens with one attached hydrogen (secondary N) is 1. The van der Waals surface area contributed by atoms with Crippen LogP contribution in [0, 0.1) is 5.92 Å². The summed E-state index contributed by atoms with van der Waals surface area (Å²) in [5.74, 6) is -0.713. The van der Waals surface area contributed by atoms with E-state index in [0.717, 1.165) is 12.1 Å². The molecule has 0 saturated carbocycles. The van der Waals surface area contributed by atoms with E-state index in [1.165, 1.54) is 12.1 Å². The second-order valence-corrected chi connectivity index (χ2v) is 5.09. The molecule has 1 aromatic carbocycles. The molecule has 0 aliphatic heterocycles. The molecule has 0 aromatic heterocycles. The van der Waals surface area contributed by atoms with Gasteiger partial charge in [-0.05, 0) is 36.6 Å². The molecule has 0 heterocycles. The Kier molecular flexibility index (Phi) is 5.56. The van der Waals surface area contributed by atoms with E-state index < -0.39 is 23.8 Å². The summed E-state index contributed by atoms with van der Waals surface area (Å²) in [4.78, 5) is 11.1. The summed E-state index contributed by atoms with van der Waals surface area (Å²) < 4.78 is 37.2. The molecule has 0 fully saturated rings. The first-order valence-corrected chi connectivity index (χ1v) is 6.32. The lowest BCUT2D eigenvalue weighted by Crippen LogP contribution is -2.40. The van der Waals surface area contributed by atoms with E-state index in [4.69, 9.17) is 5.11 Å². The minimum atomic E-state index is -4.37. The van der Waals surface area contributed by atoms with Crippen molar-refractivity contribution in [3.8, 4) is 0 Å². The first kappa shape index (κ1) is 16.5. The number of halogens is 3. The zero-order valence-corrected chi connectivity index (χ0v) is 11.4. The molecular formula is C14H18F3NO2. The lowest BCUT2D eigenvalue weighted by molar-refractivity contribution is -0.140. The van der Waals surface area contributed by atoms with Gasteiger partial charge in [0.05, 0.1) is 5.56 Å². The summed E-state index contributed by atoms with van der Waals surface area (Å²) in [5, 5.41) is 12.0. The van der Waals surface area contributed by atoms with Crippen molar-refractivity contribution in [2.45, 2.75) is 32.5 Å². The van der Waals surface area contributed by atoms with Gasteiger partial charge in [-0.2, -0.15) is 13.2 Å². The Morgan fingerprint density at radius 3 is 2.20 bits per heavy atom. The second-order valence-electron chi connectivity index (χ2n) is 5.09. The van der Waals surface area contributed by atoms with Gasteiger partial charge in [-0.25, -0.2) is 0 Å². The number of aliphatic carboxylic acids is 1. The summed E-state index contributed by atoms with van der Waals surface area (Å²) in [6, 6.07) is 3.77. The molecule has 20 heavy (non-hydrogen) atoms. The third-order valence-corrected chi connectivity index (χ3v) is 2.79. The molecule has 3 nitrogen and oxygen atoms in total. The minimum Gasteiger partial charge on any atom is -0.480 e. The van der Waals surface area contributed by atoms with Crippen LogP contribution < -0.4 is 5.32 Å². The van der Waals surface area contributed by atoms with Crippen molar-refractivity contribution in [1.82, 2.24) is 5.32 Å². The monoisotopic (exact) mass is 289 g/mol. The molecule has 0 radical (unpaired) electrons. The maximum absolute atomic E-state index is 12.4. The van der Waals surface area contributed by atoms with Gasteiger partial charge in [-0.1, -0.05) is 26.0 Å². The molecule has 1 rings (SSSR count). The number of hydrogen-bond donors (Lipinski definition) is 2. The van der Waals surface area contributed by atoms with Gasteiger partial charge in [-0.3, -0.25) is 4.79 Å². The van der Waals surface area contributed by atoms with E-state index in [1.54, 1.807) is 0 Å². The molecule has 0 aliphatic carbocycles. The van der Waals surface area contributed by atoms with Gasteiger partial charge in [0.25, 0.3) is 0 Å². The van der Waals surface area contributed by atoms with E-state index in [9.17, 15) is 18.0 Å². The van der Waals surface area contributed by atoms with Crippen LogP contribution in [-0.2, 0) is 17.4 Å². The van der Waals surface area contributed by atoms with Gasteiger partial charge in [0, 0.05) is 0 Å². The van der Waals surface area contributed by atoms with Crippen molar-refractivity contribution in [2.24, 2.45) is 5.92 Å². The Morgan fingerprint density at radius 1 is 1.25 bits per heavy atom. The van der Waals surface area contributed by atoms with Crippen molar-refractivity contribution >= 4 is 5.97 Å². The SMILES string of the molecule is CC(C)CN[C@@H](Cc1ccc(C(F)(F)F)cc1)C(=O)O. The molecule has 0 saturated heterocycles. The molecular weight excluding hydrogens is 271 g/mol. The van der Waals surface area contributed by atoms with Crippen LogP contribution in [0.25, 0.3) is 0 Å². The Morgan fingerprint density at radius 2 is 1.80 bits per heavy atom. The molecule has 0 spiro atoms. The smallest absolute Gasteiger partial charge is 0.416 e. The van der Waals surface area contributed by atoms with Crippen LogP contribution in [0.2, 0.25) is 0 Å². The highest BCUT2D eigenvalue weighted by atomic mass is 19.4. The van der Waals surface area contributed by atoms with E-state index in [1.807, 2.05) is 13.8 Å². The van der Waals surface area contributed by atoms with Gasteiger partial charge < -0.3 is 10.4 Å². The summed E-state index contributed by atoms with van der Waals surface area (Å²) in [6.45, 7) is 4.44. The van der Waals surface area contributed by atoms with Crippen LogP contribution >= 0.6 is 0 Å². The summed E-state index contributed by atoms with van der Waals surface area (Å²) in [7, 11) is 0. The van der Waals surface area contributed by atoms with Gasteiger partial charge >= 0.3 is 12.1 Å². The van der Waals surface area contributed by atoms with Crippen molar-refractivity contribution in [3.63, 3.8) is 0 Å². The predicted octanol–water partition coefficient (Wildman–Crippen LogP) is 2.95. The first-order valence-electron chi connectivity index (χ1n) is 6.32. The Hall–Kier alpha value is -1.56. The Bertz CT molecular complexity index is 441. The van der Waals surface area contributed by atoms with Crippen molar-refractivity contribution in [2.75, 3.05) is 6.54 Å². The molecule has 2 N–H and O–H groups in total. The molecule has 112 valence electrons. The van der Waals surface area contributed by atoms with E-state index >= 15 is 0 Å². The summed E-state index contributed by atoms with van der Waals surface area (Å²) in [5.41, 5.74) is -0.176. The molecule has 0 unspecified atom stereocenters. The lowest BCUT2D eigenvalue weighted by Gasteiger charge is -2.16. The van der Waals surface area contributed by atoms with Crippen LogP contribution in [0.5, 0.6) is 0 Å². The molecule has 0 amide bonds. The highest BCUT2D eigenvalue weighted by Crippen LogP contribution is 2.29. The van der Waals surface area contributed by atoms with Crippen LogP contribution in [0.4, 0.5) is 13.2 Å². The topological polar surface area (TPSA) is 49.3 Å². The van der Waals surface area contributed by atoms with Gasteiger partial charge in [0.2, 0.25) is 0 Å². The fraction of sp³-hybridized carbons (Fsp3) is 0.500. The van der Waals surface area contributed by atoms with E-state index in [-0.39, 0.29) is 6.42 Å². The average molecular weight is 289 g/mol. The molecule has 1 aromatic rings. The number of carbonyl (C=O) groups is 1. The lowest BCUT2D eigenvalue weighted by atomic mass is 10.0. The third-order valence-electron chi connectivity index (χ3n) is 2.79. The van der Waals surface area contributed by atoms with E-state index in [0.29, 0.717) is 18.0 Å². The zero-order valence-electron chi connectivity index (χ0n) is 11.4. The van der Waals surface area contributed by atoms with Gasteiger partial charge in [0.1, 0.15) is 6.04 Å². The minimum absolute atomic E-state index is 0.153. The molecule has 0 aliphatic rings. The van der Waals surface area contributed by atoms with Crippen molar-refractivity contribution < 1.29 is 23.1 Å². The summed E-state index contributed by atoms with van der Waals surface area (Å²) in [6.07, 6.45) is -4.22. The third kappa shape index (κ3) is 5.21. The predicted molar refractivity (Wildman–Crippen MR) is 69.4 cm³/mol. The maximum atomic E-state index is 12.4. The molecule has 1 atom stereocenters. The van der Waals surface area contributed by atoms with E-state index in [2.05, 4.69) is 5.32 Å². The maximum Gasteiger partial charge on any atom is 0.416 e. The number of hydrogen-bond acceptors (Lipinski definition) is 2. The van der Waals surface area contributed by atoms with Crippen LogP contribution in [-0.4, -0.2) is 23.7 Å². The fourth-order valence-electron chi connectivity index (χ4n) is 1.69. The van der Waals surface area contributed by atoms with Gasteiger partial charge in [0.15, 0.2) is 0 Å². The molecule has 0 bridgehead atoms. The number of carboxylic acids is 1. The Balaban J connectivity index is 2.72. The number of carboxylic acid groups (broad SMARTS) is 1. The highest BCUT2D eigenvalue weighted by Gasteiger charge is 2.30. The van der Waals surface area contributed by atoms with Crippen molar-refractivity contribution in [3.05, 3.63) is 35.4 Å². The Labute approximate surface area is 115 Å². The first-order chi connectivity index (χ1) is 9.20. The number of benzene rings is 1. The van der Waals surface area contributed by atoms with Crippen LogP contribution in [0.1, 0.15) is 25.0 Å². The fourth-order valence-corrected chi connectivity index (χ4v) is 1.69. The highest BCUT2D eigenvalue weighted by molar-refractivity contribution is 5.73. The average Bonchev–Trinajstić information content (AvgIpc) is 2.33. The second kappa shape index (κ2) is 6.74. The largest absolute Gasteiger partial charge is 0.480 e. The quantitative estimate of drug-likeness (QED) is 0.846. The standard InChI is InChI=1S/C14H18F3NO2/c1-9(2)8-18-12(13(19)20)7-10-3-5-11(6-4-10)14(15,16)17/h3-6,9,12,18H,7-8H2,1-2H3,(H,19,20)/t12-/m0/s1. The van der Waals surface area contributed by atoms with Crippen LogP contribution in [0.3, 0.4) is 0 Å². The zero-order chi connectivity index (χ0) is 15.3. The van der Waals surface area contributed by atoms with Gasteiger partial charge in [-0.15, -0.1) is 0 Å². The van der Waals surface area contributed by atoms with Crippen molar-refractivity contribution in [1.29, 1.82) is 0 Å². The number of rotatable bonds is 6.